The van der Waals surface area contributed by atoms with Gasteiger partial charge in [-0.05, 0) is 50.6 Å². The number of aromatic nitrogens is 2. The molecular weight excluding hydrogens is 314 g/mol. The second-order valence-corrected chi connectivity index (χ2v) is 7.00. The molecule has 0 amide bonds. The maximum atomic E-state index is 10.9. The van der Waals surface area contributed by atoms with E-state index in [1.165, 1.54) is 0 Å². The number of piperazine rings is 1. The Balaban J connectivity index is 1.68. The zero-order chi connectivity index (χ0) is 17.4. The standard InChI is InChI=1S/C19H23N5O/c1-22-9-11-23(12-10-22)17-4-2-3-16-18(17)19(25)24(21-16)15-7-5-14(13-20)6-8-15/h5-8,17,25H,2-4,9-12H2,1H3. The van der Waals surface area contributed by atoms with Crippen molar-refractivity contribution in [3.8, 4) is 17.6 Å². The molecule has 2 heterocycles. The van der Waals surface area contributed by atoms with Gasteiger partial charge in [-0.2, -0.15) is 10.4 Å². The summed E-state index contributed by atoms with van der Waals surface area (Å²) in [6.45, 7) is 4.19. The van der Waals surface area contributed by atoms with Crippen LogP contribution in [0, 0.1) is 11.3 Å². The number of benzene rings is 1. The van der Waals surface area contributed by atoms with E-state index in [9.17, 15) is 5.11 Å². The molecule has 6 nitrogen and oxygen atoms in total. The quantitative estimate of drug-likeness (QED) is 0.909. The molecule has 1 aromatic carbocycles. The van der Waals surface area contributed by atoms with Crippen molar-refractivity contribution >= 4 is 0 Å². The number of nitrogens with zero attached hydrogens (tertiary/aromatic N) is 5. The zero-order valence-electron chi connectivity index (χ0n) is 14.5. The van der Waals surface area contributed by atoms with Gasteiger partial charge in [0.15, 0.2) is 0 Å². The molecule has 1 N–H and O–H groups in total. The molecule has 2 aliphatic rings. The number of aryl methyl sites for hydroxylation is 1. The summed E-state index contributed by atoms with van der Waals surface area (Å²) in [5, 5.41) is 24.5. The molecule has 1 aliphatic carbocycles. The molecule has 0 radical (unpaired) electrons. The molecule has 6 heteroatoms. The molecule has 0 spiro atoms. The van der Waals surface area contributed by atoms with Crippen LogP contribution in [-0.2, 0) is 6.42 Å². The van der Waals surface area contributed by atoms with Gasteiger partial charge in [-0.3, -0.25) is 4.90 Å². The van der Waals surface area contributed by atoms with Gasteiger partial charge in [-0.1, -0.05) is 0 Å². The zero-order valence-corrected chi connectivity index (χ0v) is 14.5. The molecule has 130 valence electrons. The van der Waals surface area contributed by atoms with Crippen LogP contribution in [0.5, 0.6) is 5.88 Å². The summed E-state index contributed by atoms with van der Waals surface area (Å²) in [5.41, 5.74) is 3.41. The minimum Gasteiger partial charge on any atom is -0.493 e. The van der Waals surface area contributed by atoms with E-state index in [0.717, 1.165) is 62.4 Å². The Bertz CT molecular complexity index is 796. The van der Waals surface area contributed by atoms with Crippen molar-refractivity contribution in [2.24, 2.45) is 0 Å². The van der Waals surface area contributed by atoms with Gasteiger partial charge in [-0.25, -0.2) is 4.68 Å². The van der Waals surface area contributed by atoms with Crippen LogP contribution in [0.1, 0.15) is 35.7 Å². The predicted octanol–water partition coefficient (Wildman–Crippen LogP) is 2.07. The smallest absolute Gasteiger partial charge is 0.219 e. The molecule has 1 unspecified atom stereocenters. The molecule has 1 aromatic heterocycles. The molecule has 1 atom stereocenters. The monoisotopic (exact) mass is 337 g/mol. The highest BCUT2D eigenvalue weighted by atomic mass is 16.3. The van der Waals surface area contributed by atoms with Crippen molar-refractivity contribution in [1.82, 2.24) is 19.6 Å². The third-order valence-corrected chi connectivity index (χ3v) is 5.42. The number of fused-ring (bicyclic) bond motifs is 1. The van der Waals surface area contributed by atoms with Crippen LogP contribution in [0.15, 0.2) is 24.3 Å². The van der Waals surface area contributed by atoms with E-state index < -0.39 is 0 Å². The average molecular weight is 337 g/mol. The first-order valence-corrected chi connectivity index (χ1v) is 8.91. The topological polar surface area (TPSA) is 68.3 Å². The SMILES string of the molecule is CN1CCN(C2CCCc3nn(-c4ccc(C#N)cc4)c(O)c32)CC1. The Hall–Kier alpha value is -2.36. The summed E-state index contributed by atoms with van der Waals surface area (Å²) in [5.74, 6) is 0.253. The first-order chi connectivity index (χ1) is 12.2. The fourth-order valence-electron chi connectivity index (χ4n) is 3.95. The van der Waals surface area contributed by atoms with Gasteiger partial charge in [-0.15, -0.1) is 0 Å². The average Bonchev–Trinajstić information content (AvgIpc) is 2.99. The molecule has 1 aliphatic heterocycles. The molecule has 0 bridgehead atoms. The Kier molecular flexibility index (Phi) is 4.20. The summed E-state index contributed by atoms with van der Waals surface area (Å²) < 4.78 is 1.63. The van der Waals surface area contributed by atoms with Crippen molar-refractivity contribution in [1.29, 1.82) is 5.26 Å². The lowest BCUT2D eigenvalue weighted by atomic mass is 9.91. The molecule has 4 rings (SSSR count). The Morgan fingerprint density at radius 3 is 2.56 bits per heavy atom. The Morgan fingerprint density at radius 1 is 1.16 bits per heavy atom. The van der Waals surface area contributed by atoms with E-state index in [-0.39, 0.29) is 11.9 Å². The summed E-state index contributed by atoms with van der Waals surface area (Å²) in [6.07, 6.45) is 3.09. The molecule has 1 fully saturated rings. The molecule has 2 aromatic rings. The van der Waals surface area contributed by atoms with Gasteiger partial charge in [0.1, 0.15) is 0 Å². The normalized spacial score (nSPS) is 21.7. The van der Waals surface area contributed by atoms with Crippen molar-refractivity contribution in [3.63, 3.8) is 0 Å². The summed E-state index contributed by atoms with van der Waals surface area (Å²) in [4.78, 5) is 4.84. The number of aromatic hydroxyl groups is 1. The van der Waals surface area contributed by atoms with Crippen LogP contribution in [0.25, 0.3) is 5.69 Å². The third-order valence-electron chi connectivity index (χ3n) is 5.42. The highest BCUT2D eigenvalue weighted by molar-refractivity contribution is 5.45. The summed E-state index contributed by atoms with van der Waals surface area (Å²) >= 11 is 0. The molecule has 0 saturated carbocycles. The van der Waals surface area contributed by atoms with Crippen LogP contribution in [0.4, 0.5) is 0 Å². The maximum absolute atomic E-state index is 10.9. The highest BCUT2D eigenvalue weighted by Gasteiger charge is 2.33. The summed E-state index contributed by atoms with van der Waals surface area (Å²) in [7, 11) is 2.16. The number of rotatable bonds is 2. The second kappa shape index (κ2) is 6.51. The van der Waals surface area contributed by atoms with Crippen LogP contribution in [0.2, 0.25) is 0 Å². The summed E-state index contributed by atoms with van der Waals surface area (Å²) in [6, 6.07) is 9.56. The van der Waals surface area contributed by atoms with E-state index in [1.54, 1.807) is 16.8 Å². The predicted molar refractivity (Wildman–Crippen MR) is 94.7 cm³/mol. The van der Waals surface area contributed by atoms with E-state index in [1.807, 2.05) is 12.1 Å². The van der Waals surface area contributed by atoms with Crippen LogP contribution in [-0.4, -0.2) is 57.9 Å². The van der Waals surface area contributed by atoms with Gasteiger partial charge in [0, 0.05) is 32.2 Å². The maximum Gasteiger partial charge on any atom is 0.219 e. The Morgan fingerprint density at radius 2 is 1.88 bits per heavy atom. The Labute approximate surface area is 147 Å². The van der Waals surface area contributed by atoms with Gasteiger partial charge in [0.25, 0.3) is 0 Å². The lowest BCUT2D eigenvalue weighted by Gasteiger charge is -2.39. The fraction of sp³-hybridized carbons (Fsp3) is 0.474. The minimum atomic E-state index is 0.253. The van der Waals surface area contributed by atoms with Crippen LogP contribution >= 0.6 is 0 Å². The van der Waals surface area contributed by atoms with Crippen LogP contribution < -0.4 is 0 Å². The van der Waals surface area contributed by atoms with Gasteiger partial charge in [0.2, 0.25) is 5.88 Å². The number of hydrogen-bond donors (Lipinski definition) is 1. The minimum absolute atomic E-state index is 0.253. The van der Waals surface area contributed by atoms with E-state index in [0.29, 0.717) is 5.56 Å². The van der Waals surface area contributed by atoms with Crippen molar-refractivity contribution in [2.45, 2.75) is 25.3 Å². The van der Waals surface area contributed by atoms with Crippen LogP contribution in [0.3, 0.4) is 0 Å². The number of nitriles is 1. The van der Waals surface area contributed by atoms with E-state index in [4.69, 9.17) is 5.26 Å². The first kappa shape index (κ1) is 16.1. The fourth-order valence-corrected chi connectivity index (χ4v) is 3.95. The largest absolute Gasteiger partial charge is 0.493 e. The number of hydrogen-bond acceptors (Lipinski definition) is 5. The third kappa shape index (κ3) is 2.90. The first-order valence-electron chi connectivity index (χ1n) is 8.91. The van der Waals surface area contributed by atoms with Crippen molar-refractivity contribution < 1.29 is 5.11 Å². The van der Waals surface area contributed by atoms with Gasteiger partial charge in [0.05, 0.1) is 28.6 Å². The van der Waals surface area contributed by atoms with E-state index in [2.05, 4.69) is 28.0 Å². The van der Waals surface area contributed by atoms with Gasteiger partial charge >= 0.3 is 0 Å². The van der Waals surface area contributed by atoms with Crippen molar-refractivity contribution in [2.75, 3.05) is 33.2 Å². The highest BCUT2D eigenvalue weighted by Crippen LogP contribution is 2.40. The van der Waals surface area contributed by atoms with E-state index >= 15 is 0 Å². The molecular formula is C19H23N5O. The number of likely N-dealkylation sites (N-methyl/N-ethyl adjacent to an activating group) is 1. The lowest BCUT2D eigenvalue weighted by Crippen LogP contribution is -2.46. The van der Waals surface area contributed by atoms with Crippen molar-refractivity contribution in [3.05, 3.63) is 41.1 Å². The van der Waals surface area contributed by atoms with Gasteiger partial charge < -0.3 is 10.0 Å². The molecule has 1 saturated heterocycles. The lowest BCUT2D eigenvalue weighted by molar-refractivity contribution is 0.101. The molecule has 25 heavy (non-hydrogen) atoms. The second-order valence-electron chi connectivity index (χ2n) is 7.00.